The lowest BCUT2D eigenvalue weighted by Crippen LogP contribution is -2.47. The second-order valence-electron chi connectivity index (χ2n) is 5.27. The first-order chi connectivity index (χ1) is 9.16. The van der Waals surface area contributed by atoms with Gasteiger partial charge >= 0.3 is 0 Å². The van der Waals surface area contributed by atoms with Gasteiger partial charge in [-0.05, 0) is 33.5 Å². The van der Waals surface area contributed by atoms with Crippen LogP contribution in [0.25, 0.3) is 0 Å². The highest BCUT2D eigenvalue weighted by Crippen LogP contribution is 2.11. The maximum Gasteiger partial charge on any atom is 0.237 e. The summed E-state index contributed by atoms with van der Waals surface area (Å²) in [6, 6.07) is -0.148. The Kier molecular flexibility index (Phi) is 4.93. The molecule has 1 unspecified atom stereocenters. The van der Waals surface area contributed by atoms with Gasteiger partial charge in [0.1, 0.15) is 0 Å². The van der Waals surface area contributed by atoms with Gasteiger partial charge < -0.3 is 15.2 Å². The summed E-state index contributed by atoms with van der Waals surface area (Å²) in [5.41, 5.74) is 2.10. The Hall–Kier alpha value is -1.40. The normalized spacial score (nSPS) is 18.4. The Morgan fingerprint density at radius 1 is 1.53 bits per heavy atom. The smallest absolute Gasteiger partial charge is 0.237 e. The molecule has 1 atom stereocenters. The predicted octanol–water partition coefficient (Wildman–Crippen LogP) is -0.118. The number of nitrogens with zero attached hydrogens (tertiary/aromatic N) is 2. The number of amides is 1. The van der Waals surface area contributed by atoms with Crippen LogP contribution in [0.3, 0.4) is 0 Å². The number of H-pyrrole nitrogens is 1. The molecule has 2 rings (SSSR count). The second-order valence-corrected chi connectivity index (χ2v) is 5.27. The monoisotopic (exact) mass is 265 g/mol. The summed E-state index contributed by atoms with van der Waals surface area (Å²) in [5, 5.41) is 6.22. The predicted molar refractivity (Wildman–Crippen MR) is 73.7 cm³/mol. The number of rotatable bonds is 6. The van der Waals surface area contributed by atoms with Crippen LogP contribution < -0.4 is 10.6 Å². The summed E-state index contributed by atoms with van der Waals surface area (Å²) in [5.74, 6) is 0.0819. The highest BCUT2D eigenvalue weighted by Gasteiger charge is 2.25. The molecule has 19 heavy (non-hydrogen) atoms. The van der Waals surface area contributed by atoms with Gasteiger partial charge in [0.05, 0.1) is 23.8 Å². The van der Waals surface area contributed by atoms with Crippen LogP contribution in [-0.2, 0) is 17.8 Å². The fourth-order valence-electron chi connectivity index (χ4n) is 2.24. The Morgan fingerprint density at radius 2 is 2.37 bits per heavy atom. The zero-order chi connectivity index (χ0) is 13.7. The molecule has 0 aliphatic carbocycles. The number of nitrogens with one attached hydrogen (secondary N) is 3. The van der Waals surface area contributed by atoms with E-state index in [4.69, 9.17) is 0 Å². The van der Waals surface area contributed by atoms with Gasteiger partial charge in [0, 0.05) is 19.5 Å². The molecule has 1 aliphatic heterocycles. The van der Waals surface area contributed by atoms with Crippen molar-refractivity contribution in [3.63, 3.8) is 0 Å². The molecule has 1 aliphatic rings. The van der Waals surface area contributed by atoms with Crippen LogP contribution in [-0.4, -0.2) is 54.0 Å². The topological polar surface area (TPSA) is 73.0 Å². The van der Waals surface area contributed by atoms with E-state index < -0.39 is 0 Å². The lowest BCUT2D eigenvalue weighted by Gasteiger charge is -2.22. The first-order valence-corrected chi connectivity index (χ1v) is 6.84. The van der Waals surface area contributed by atoms with Gasteiger partial charge in [-0.3, -0.25) is 10.1 Å². The molecule has 1 aromatic rings. The molecular weight excluding hydrogens is 242 g/mol. The summed E-state index contributed by atoms with van der Waals surface area (Å²) in [6.45, 7) is 2.50. The van der Waals surface area contributed by atoms with Gasteiger partial charge in [0.2, 0.25) is 5.91 Å². The summed E-state index contributed by atoms with van der Waals surface area (Å²) >= 11 is 0. The van der Waals surface area contributed by atoms with Gasteiger partial charge in [0.25, 0.3) is 0 Å². The summed E-state index contributed by atoms with van der Waals surface area (Å²) in [4.78, 5) is 21.5. The van der Waals surface area contributed by atoms with E-state index in [-0.39, 0.29) is 11.9 Å². The lowest BCUT2D eigenvalue weighted by molar-refractivity contribution is -0.123. The third-order valence-corrected chi connectivity index (χ3v) is 3.38. The van der Waals surface area contributed by atoms with Crippen LogP contribution >= 0.6 is 0 Å². The molecule has 1 aromatic heterocycles. The Bertz CT molecular complexity index is 415. The van der Waals surface area contributed by atoms with Crippen molar-refractivity contribution >= 4 is 5.91 Å². The SMILES string of the molecule is CN(C)CCCCNC(=O)C1Cc2nc[nH]c2CN1. The molecule has 0 bridgehead atoms. The van der Waals surface area contributed by atoms with E-state index in [9.17, 15) is 4.79 Å². The van der Waals surface area contributed by atoms with E-state index in [2.05, 4.69) is 39.6 Å². The van der Waals surface area contributed by atoms with Crippen LogP contribution in [0.5, 0.6) is 0 Å². The summed E-state index contributed by atoms with van der Waals surface area (Å²) < 4.78 is 0. The zero-order valence-corrected chi connectivity index (χ0v) is 11.7. The van der Waals surface area contributed by atoms with E-state index in [1.807, 2.05) is 0 Å². The lowest BCUT2D eigenvalue weighted by atomic mass is 10.0. The van der Waals surface area contributed by atoms with Crippen LogP contribution in [0.15, 0.2) is 6.33 Å². The summed E-state index contributed by atoms with van der Waals surface area (Å²) in [6.07, 6.45) is 4.48. The molecule has 0 saturated carbocycles. The molecule has 3 N–H and O–H groups in total. The van der Waals surface area contributed by atoms with Crippen molar-refractivity contribution in [3.05, 3.63) is 17.7 Å². The van der Waals surface area contributed by atoms with Crippen molar-refractivity contribution < 1.29 is 4.79 Å². The standard InChI is InChI=1S/C13H23N5O/c1-18(2)6-4-3-5-14-13(19)11-7-10-12(8-15-11)17-9-16-10/h9,11,15H,3-8H2,1-2H3,(H,14,19)(H,16,17). The van der Waals surface area contributed by atoms with Crippen molar-refractivity contribution in [2.75, 3.05) is 27.2 Å². The number of imidazole rings is 1. The Morgan fingerprint density at radius 3 is 3.16 bits per heavy atom. The number of carbonyl (C=O) groups excluding carboxylic acids is 1. The Balaban J connectivity index is 1.67. The number of unbranched alkanes of at least 4 members (excludes halogenated alkanes) is 1. The first kappa shape index (κ1) is 14.0. The minimum absolute atomic E-state index is 0.0819. The largest absolute Gasteiger partial charge is 0.355 e. The number of aromatic nitrogens is 2. The number of carbonyl (C=O) groups is 1. The van der Waals surface area contributed by atoms with Gasteiger partial charge in [-0.1, -0.05) is 0 Å². The highest BCUT2D eigenvalue weighted by atomic mass is 16.2. The molecule has 0 saturated heterocycles. The quantitative estimate of drug-likeness (QED) is 0.627. The molecule has 6 heteroatoms. The van der Waals surface area contributed by atoms with Crippen molar-refractivity contribution in [1.29, 1.82) is 0 Å². The maximum atomic E-state index is 12.0. The van der Waals surface area contributed by atoms with Crippen LogP contribution in [0.1, 0.15) is 24.2 Å². The number of aromatic amines is 1. The van der Waals surface area contributed by atoms with Crippen LogP contribution in [0.2, 0.25) is 0 Å². The van der Waals surface area contributed by atoms with Crippen LogP contribution in [0, 0.1) is 0 Å². The van der Waals surface area contributed by atoms with E-state index in [0.717, 1.165) is 37.3 Å². The number of fused-ring (bicyclic) bond motifs is 1. The van der Waals surface area contributed by atoms with Gasteiger partial charge in [0.15, 0.2) is 0 Å². The molecular formula is C13H23N5O. The molecule has 1 amide bonds. The molecule has 2 heterocycles. The zero-order valence-electron chi connectivity index (χ0n) is 11.7. The molecule has 6 nitrogen and oxygen atoms in total. The third-order valence-electron chi connectivity index (χ3n) is 3.38. The van der Waals surface area contributed by atoms with E-state index in [1.165, 1.54) is 0 Å². The highest BCUT2D eigenvalue weighted by molar-refractivity contribution is 5.82. The van der Waals surface area contributed by atoms with Crippen molar-refractivity contribution in [2.24, 2.45) is 0 Å². The fraction of sp³-hybridized carbons (Fsp3) is 0.692. The van der Waals surface area contributed by atoms with Crippen LogP contribution in [0.4, 0.5) is 0 Å². The second kappa shape index (κ2) is 6.68. The van der Waals surface area contributed by atoms with Crippen molar-refractivity contribution in [3.8, 4) is 0 Å². The average Bonchev–Trinajstić information content (AvgIpc) is 2.84. The molecule has 0 aromatic carbocycles. The van der Waals surface area contributed by atoms with E-state index >= 15 is 0 Å². The third kappa shape index (κ3) is 4.04. The first-order valence-electron chi connectivity index (χ1n) is 6.84. The van der Waals surface area contributed by atoms with Gasteiger partial charge in [-0.25, -0.2) is 4.98 Å². The summed E-state index contributed by atoms with van der Waals surface area (Å²) in [7, 11) is 4.12. The maximum absolute atomic E-state index is 12.0. The minimum Gasteiger partial charge on any atom is -0.355 e. The fourth-order valence-corrected chi connectivity index (χ4v) is 2.24. The van der Waals surface area contributed by atoms with E-state index in [1.54, 1.807) is 6.33 Å². The molecule has 106 valence electrons. The van der Waals surface area contributed by atoms with Crippen molar-refractivity contribution in [1.82, 2.24) is 25.5 Å². The van der Waals surface area contributed by atoms with E-state index in [0.29, 0.717) is 13.0 Å². The number of hydrogen-bond acceptors (Lipinski definition) is 4. The minimum atomic E-state index is -0.148. The van der Waals surface area contributed by atoms with Gasteiger partial charge in [-0.15, -0.1) is 0 Å². The Labute approximate surface area is 114 Å². The van der Waals surface area contributed by atoms with Crippen molar-refractivity contribution in [2.45, 2.75) is 31.8 Å². The molecule has 0 fully saturated rings. The number of hydrogen-bond donors (Lipinski definition) is 3. The van der Waals surface area contributed by atoms with Gasteiger partial charge in [-0.2, -0.15) is 0 Å². The molecule has 0 spiro atoms. The molecule has 0 radical (unpaired) electrons. The average molecular weight is 265 g/mol.